The highest BCUT2D eigenvalue weighted by Crippen LogP contribution is 2.18. The van der Waals surface area contributed by atoms with Crippen molar-refractivity contribution in [2.45, 2.75) is 32.6 Å². The minimum absolute atomic E-state index is 0.000827. The maximum Gasteiger partial charge on any atom is 0.306 e. The number of piperidine rings is 1. The SMILES string of the molecule is CCOC(=O)CCC(=O)N1CCC(C(=O)NC)CC1. The number of carbonyl (C=O) groups is 3. The molecule has 0 aromatic carbocycles. The van der Waals surface area contributed by atoms with Gasteiger partial charge in [-0.3, -0.25) is 14.4 Å². The Balaban J connectivity index is 2.29. The molecule has 0 atom stereocenters. The number of nitrogens with one attached hydrogen (secondary N) is 1. The molecule has 0 aromatic heterocycles. The predicted molar refractivity (Wildman–Crippen MR) is 69.2 cm³/mol. The molecule has 19 heavy (non-hydrogen) atoms. The van der Waals surface area contributed by atoms with Gasteiger partial charge in [0.2, 0.25) is 11.8 Å². The molecule has 108 valence electrons. The molecule has 2 amide bonds. The molecule has 0 radical (unpaired) electrons. The van der Waals surface area contributed by atoms with Gasteiger partial charge in [-0.25, -0.2) is 0 Å². The molecule has 1 N–H and O–H groups in total. The normalized spacial score (nSPS) is 16.0. The lowest BCUT2D eigenvalue weighted by molar-refractivity contribution is -0.146. The van der Waals surface area contributed by atoms with Gasteiger partial charge >= 0.3 is 5.97 Å². The first kappa shape index (κ1) is 15.5. The van der Waals surface area contributed by atoms with E-state index in [1.54, 1.807) is 18.9 Å². The first-order valence-corrected chi connectivity index (χ1v) is 6.73. The summed E-state index contributed by atoms with van der Waals surface area (Å²) in [5, 5.41) is 2.63. The summed E-state index contributed by atoms with van der Waals surface area (Å²) in [5.74, 6) is -0.336. The van der Waals surface area contributed by atoms with Crippen molar-refractivity contribution >= 4 is 17.8 Å². The zero-order valence-electron chi connectivity index (χ0n) is 11.6. The second-order valence-electron chi connectivity index (χ2n) is 4.57. The van der Waals surface area contributed by atoms with E-state index in [2.05, 4.69) is 5.32 Å². The summed E-state index contributed by atoms with van der Waals surface area (Å²) < 4.78 is 4.78. The summed E-state index contributed by atoms with van der Waals surface area (Å²) in [7, 11) is 1.62. The molecule has 1 aliphatic heterocycles. The van der Waals surface area contributed by atoms with E-state index in [9.17, 15) is 14.4 Å². The quantitative estimate of drug-likeness (QED) is 0.730. The van der Waals surface area contributed by atoms with Crippen LogP contribution in [-0.2, 0) is 19.1 Å². The molecule has 6 heteroatoms. The minimum Gasteiger partial charge on any atom is -0.466 e. The van der Waals surface area contributed by atoms with Gasteiger partial charge in [0.25, 0.3) is 0 Å². The maximum atomic E-state index is 11.9. The van der Waals surface area contributed by atoms with Crippen molar-refractivity contribution in [3.63, 3.8) is 0 Å². The molecule has 6 nitrogen and oxygen atoms in total. The lowest BCUT2D eigenvalue weighted by Gasteiger charge is -2.31. The lowest BCUT2D eigenvalue weighted by atomic mass is 9.96. The van der Waals surface area contributed by atoms with Crippen LogP contribution < -0.4 is 5.32 Å². The van der Waals surface area contributed by atoms with Crippen molar-refractivity contribution < 1.29 is 19.1 Å². The number of hydrogen-bond donors (Lipinski definition) is 1. The molecule has 1 heterocycles. The van der Waals surface area contributed by atoms with Gasteiger partial charge in [-0.05, 0) is 19.8 Å². The van der Waals surface area contributed by atoms with Crippen LogP contribution in [0.1, 0.15) is 32.6 Å². The molecule has 0 saturated carbocycles. The van der Waals surface area contributed by atoms with Crippen molar-refractivity contribution in [1.29, 1.82) is 0 Å². The number of esters is 1. The number of amides is 2. The first-order chi connectivity index (χ1) is 9.08. The fourth-order valence-corrected chi connectivity index (χ4v) is 2.20. The van der Waals surface area contributed by atoms with Crippen LogP contribution in [0.2, 0.25) is 0 Å². The average Bonchev–Trinajstić information content (AvgIpc) is 2.44. The molecule has 0 bridgehead atoms. The number of hydrogen-bond acceptors (Lipinski definition) is 4. The summed E-state index contributed by atoms with van der Waals surface area (Å²) >= 11 is 0. The monoisotopic (exact) mass is 270 g/mol. The summed E-state index contributed by atoms with van der Waals surface area (Å²) in [6.45, 7) is 3.24. The Morgan fingerprint density at radius 3 is 2.37 bits per heavy atom. The van der Waals surface area contributed by atoms with Gasteiger partial charge in [0.15, 0.2) is 0 Å². The van der Waals surface area contributed by atoms with Gasteiger partial charge in [-0.15, -0.1) is 0 Å². The van der Waals surface area contributed by atoms with Crippen molar-refractivity contribution in [2.24, 2.45) is 5.92 Å². The molecule has 0 aliphatic carbocycles. The minimum atomic E-state index is -0.337. The molecule has 0 spiro atoms. The van der Waals surface area contributed by atoms with Crippen molar-refractivity contribution in [3.05, 3.63) is 0 Å². The van der Waals surface area contributed by atoms with Crippen molar-refractivity contribution in [1.82, 2.24) is 10.2 Å². The van der Waals surface area contributed by atoms with Gasteiger partial charge in [-0.2, -0.15) is 0 Å². The van der Waals surface area contributed by atoms with Gasteiger partial charge in [0, 0.05) is 32.5 Å². The third-order valence-electron chi connectivity index (χ3n) is 3.31. The summed E-state index contributed by atoms with van der Waals surface area (Å²) in [6.07, 6.45) is 1.68. The Kier molecular flexibility index (Phi) is 6.32. The zero-order chi connectivity index (χ0) is 14.3. The smallest absolute Gasteiger partial charge is 0.306 e. The molecular weight excluding hydrogens is 248 g/mol. The van der Waals surface area contributed by atoms with E-state index in [1.165, 1.54) is 0 Å². The number of ether oxygens (including phenoxy) is 1. The van der Waals surface area contributed by atoms with Crippen LogP contribution in [0.4, 0.5) is 0 Å². The highest BCUT2D eigenvalue weighted by Gasteiger charge is 2.26. The maximum absolute atomic E-state index is 11.9. The molecule has 1 fully saturated rings. The summed E-state index contributed by atoms with van der Waals surface area (Å²) in [5.41, 5.74) is 0. The van der Waals surface area contributed by atoms with E-state index >= 15 is 0 Å². The van der Waals surface area contributed by atoms with Crippen LogP contribution in [0, 0.1) is 5.92 Å². The molecule has 1 rings (SSSR count). The second kappa shape index (κ2) is 7.76. The number of rotatable bonds is 5. The number of carbonyl (C=O) groups excluding carboxylic acids is 3. The van der Waals surface area contributed by atoms with E-state index in [1.807, 2.05) is 0 Å². The number of nitrogens with zero attached hydrogens (tertiary/aromatic N) is 1. The molecule has 0 unspecified atom stereocenters. The van der Waals surface area contributed by atoms with E-state index in [-0.39, 0.29) is 36.5 Å². The van der Waals surface area contributed by atoms with E-state index in [0.717, 1.165) is 0 Å². The molecular formula is C13H22N2O4. The van der Waals surface area contributed by atoms with Crippen molar-refractivity contribution in [3.8, 4) is 0 Å². The Morgan fingerprint density at radius 1 is 1.21 bits per heavy atom. The Labute approximate surface area is 113 Å². The predicted octanol–water partition coefficient (Wildman–Crippen LogP) is 0.314. The third-order valence-corrected chi connectivity index (χ3v) is 3.31. The zero-order valence-corrected chi connectivity index (χ0v) is 11.6. The van der Waals surface area contributed by atoms with E-state index < -0.39 is 0 Å². The standard InChI is InChI=1S/C13H22N2O4/c1-3-19-12(17)5-4-11(16)15-8-6-10(7-9-15)13(18)14-2/h10H,3-9H2,1-2H3,(H,14,18). The Morgan fingerprint density at radius 2 is 1.84 bits per heavy atom. The van der Waals surface area contributed by atoms with E-state index in [4.69, 9.17) is 4.74 Å². The summed E-state index contributed by atoms with van der Waals surface area (Å²) in [6, 6.07) is 0. The molecule has 0 aromatic rings. The topological polar surface area (TPSA) is 75.7 Å². The van der Waals surface area contributed by atoms with Gasteiger partial charge < -0.3 is 15.0 Å². The number of likely N-dealkylation sites (tertiary alicyclic amines) is 1. The highest BCUT2D eigenvalue weighted by molar-refractivity contribution is 5.82. The fourth-order valence-electron chi connectivity index (χ4n) is 2.20. The van der Waals surface area contributed by atoms with Gasteiger partial charge in [0.1, 0.15) is 0 Å². The Hall–Kier alpha value is -1.59. The highest BCUT2D eigenvalue weighted by atomic mass is 16.5. The van der Waals surface area contributed by atoms with Gasteiger partial charge in [0.05, 0.1) is 13.0 Å². The van der Waals surface area contributed by atoms with Crippen molar-refractivity contribution in [2.75, 3.05) is 26.7 Å². The van der Waals surface area contributed by atoms with E-state index in [0.29, 0.717) is 32.5 Å². The molecule has 1 aliphatic rings. The van der Waals surface area contributed by atoms with Crippen LogP contribution in [-0.4, -0.2) is 49.4 Å². The van der Waals surface area contributed by atoms with Crippen LogP contribution in [0.5, 0.6) is 0 Å². The summed E-state index contributed by atoms with van der Waals surface area (Å²) in [4.78, 5) is 36.2. The third kappa shape index (κ3) is 4.89. The Bertz CT molecular complexity index is 336. The van der Waals surface area contributed by atoms with Crippen LogP contribution in [0.25, 0.3) is 0 Å². The van der Waals surface area contributed by atoms with Crippen LogP contribution >= 0.6 is 0 Å². The van der Waals surface area contributed by atoms with Crippen LogP contribution in [0.15, 0.2) is 0 Å². The van der Waals surface area contributed by atoms with Crippen LogP contribution in [0.3, 0.4) is 0 Å². The van der Waals surface area contributed by atoms with Gasteiger partial charge in [-0.1, -0.05) is 0 Å². The lowest BCUT2D eigenvalue weighted by Crippen LogP contribution is -2.42. The second-order valence-corrected chi connectivity index (χ2v) is 4.57. The first-order valence-electron chi connectivity index (χ1n) is 6.73. The largest absolute Gasteiger partial charge is 0.466 e. The average molecular weight is 270 g/mol. The fraction of sp³-hybridized carbons (Fsp3) is 0.769. The molecule has 1 saturated heterocycles.